The van der Waals surface area contributed by atoms with Crippen molar-refractivity contribution in [2.45, 2.75) is 49.3 Å². The molecular weight excluding hydrogens is 449 g/mol. The van der Waals surface area contributed by atoms with Gasteiger partial charge in [-0.3, -0.25) is 13.9 Å². The number of ether oxygens (including phenoxy) is 1. The molecule has 1 saturated heterocycles. The third kappa shape index (κ3) is 4.52. The molecule has 0 unspecified atom stereocenters. The molecule has 5 atom stereocenters. The van der Waals surface area contributed by atoms with Crippen LogP contribution in [-0.4, -0.2) is 82.8 Å². The lowest BCUT2D eigenvalue weighted by Crippen LogP contribution is -2.57. The van der Waals surface area contributed by atoms with Gasteiger partial charge in [-0.25, -0.2) is 19.5 Å². The van der Waals surface area contributed by atoms with Crippen molar-refractivity contribution in [1.82, 2.24) is 19.5 Å². The number of phosphoric ester groups is 1. The van der Waals surface area contributed by atoms with Gasteiger partial charge in [0, 0.05) is 0 Å². The monoisotopic (exact) mass is 475 g/mol. The van der Waals surface area contributed by atoms with Crippen LogP contribution in [0, 0.1) is 0 Å². The molecule has 3 heterocycles. The van der Waals surface area contributed by atoms with Gasteiger partial charge in [-0.1, -0.05) is 6.42 Å². The molecule has 2 aromatic heterocycles. The second-order valence-electron chi connectivity index (χ2n) is 7.38. The molecule has 32 heavy (non-hydrogen) atoms. The lowest BCUT2D eigenvalue weighted by atomic mass is 9.91. The van der Waals surface area contributed by atoms with Gasteiger partial charge < -0.3 is 41.9 Å². The summed E-state index contributed by atoms with van der Waals surface area (Å²) in [6.45, 7) is -0.419. The van der Waals surface area contributed by atoms with E-state index in [1.54, 1.807) is 0 Å². The summed E-state index contributed by atoms with van der Waals surface area (Å²) in [5.41, 5.74) is 15.2. The van der Waals surface area contributed by atoms with E-state index in [4.69, 9.17) is 31.7 Å². The molecule has 0 aromatic carbocycles. The van der Waals surface area contributed by atoms with Crippen molar-refractivity contribution in [2.75, 3.05) is 18.9 Å². The average Bonchev–Trinajstić information content (AvgIpc) is 3.27. The van der Waals surface area contributed by atoms with Crippen molar-refractivity contribution in [3.63, 3.8) is 0 Å². The molecule has 0 aliphatic carbocycles. The van der Waals surface area contributed by atoms with Crippen LogP contribution in [0.15, 0.2) is 12.7 Å². The van der Waals surface area contributed by atoms with Gasteiger partial charge in [0.2, 0.25) is 11.5 Å². The molecule has 1 aliphatic heterocycles. The van der Waals surface area contributed by atoms with Gasteiger partial charge in [-0.15, -0.1) is 0 Å². The fraction of sp³-hybridized carbons (Fsp3) is 0.625. The van der Waals surface area contributed by atoms with E-state index in [0.29, 0.717) is 19.4 Å². The fourth-order valence-electron chi connectivity index (χ4n) is 3.63. The third-order valence-electron chi connectivity index (χ3n) is 5.22. The largest absolute Gasteiger partial charge is 0.469 e. The van der Waals surface area contributed by atoms with E-state index in [0.717, 1.165) is 17.2 Å². The van der Waals surface area contributed by atoms with Crippen LogP contribution < -0.4 is 17.2 Å². The molecule has 2 aromatic rings. The molecule has 10 N–H and O–H groups in total. The summed E-state index contributed by atoms with van der Waals surface area (Å²) in [6, 6.07) is -1.14. The number of nitrogens with two attached hydrogens (primary N) is 3. The Kier molecular flexibility index (Phi) is 7.24. The van der Waals surface area contributed by atoms with Crippen LogP contribution >= 0.6 is 7.82 Å². The maximum absolute atomic E-state index is 13.5. The van der Waals surface area contributed by atoms with E-state index in [1.807, 2.05) is 0 Å². The molecule has 0 radical (unpaired) electrons. The number of hydrogen-bond donors (Lipinski definition) is 7. The molecule has 1 aliphatic rings. The molecule has 0 saturated carbocycles. The molecule has 16 heteroatoms. The number of Topliss-reactive ketones (excluding diaryl/α,β-unsaturated/α-hetero) is 1. The summed E-state index contributed by atoms with van der Waals surface area (Å²) >= 11 is 0. The van der Waals surface area contributed by atoms with Crippen LogP contribution in [0.1, 0.15) is 19.3 Å². The predicted molar refractivity (Wildman–Crippen MR) is 108 cm³/mol. The average molecular weight is 475 g/mol. The number of nitrogen functional groups attached to an aromatic ring is 1. The maximum Gasteiger partial charge on any atom is 0.469 e. The number of ketones is 1. The molecule has 178 valence electrons. The van der Waals surface area contributed by atoms with Gasteiger partial charge in [0.15, 0.2) is 11.5 Å². The number of aliphatic hydroxyl groups is 2. The van der Waals surface area contributed by atoms with Crippen molar-refractivity contribution < 1.29 is 38.6 Å². The minimum Gasteiger partial charge on any atom is -0.387 e. The highest BCUT2D eigenvalue weighted by Gasteiger charge is 2.61. The number of carbonyl (C=O) groups excluding carboxylic acids is 1. The number of imidazole rings is 1. The van der Waals surface area contributed by atoms with Gasteiger partial charge in [0.05, 0.1) is 12.6 Å². The number of aliphatic hydroxyl groups excluding tert-OH is 2. The molecule has 15 nitrogen and oxygen atoms in total. The van der Waals surface area contributed by atoms with Crippen LogP contribution in [0.2, 0.25) is 0 Å². The SMILES string of the molecule is NCCCC[C@H](N)C(=O)[C@@]1(n2cnc3c(N)ncnc32)O[C@H](COP(=O)(O)O)[C@@H](O)[C@H]1O. The zero-order valence-corrected chi connectivity index (χ0v) is 17.8. The Morgan fingerprint density at radius 2 is 2.03 bits per heavy atom. The Labute approximate surface area is 181 Å². The van der Waals surface area contributed by atoms with Gasteiger partial charge in [0.25, 0.3) is 0 Å². The normalized spacial score (nSPS) is 27.1. The minimum atomic E-state index is -4.92. The van der Waals surface area contributed by atoms with Crippen LogP contribution in [0.5, 0.6) is 0 Å². The van der Waals surface area contributed by atoms with E-state index in [9.17, 15) is 19.6 Å². The van der Waals surface area contributed by atoms with E-state index in [2.05, 4.69) is 19.5 Å². The number of unbranched alkanes of at least 4 members (excludes halogenated alkanes) is 1. The van der Waals surface area contributed by atoms with E-state index >= 15 is 0 Å². The lowest BCUT2D eigenvalue weighted by molar-refractivity contribution is -0.175. The van der Waals surface area contributed by atoms with Crippen LogP contribution in [0.4, 0.5) is 5.82 Å². The van der Waals surface area contributed by atoms with Gasteiger partial charge in [-0.2, -0.15) is 0 Å². The summed E-state index contributed by atoms with van der Waals surface area (Å²) < 4.78 is 22.3. The first-order valence-corrected chi connectivity index (χ1v) is 11.2. The first kappa shape index (κ1) is 24.6. The molecular formula is C16H26N7O8P. The first-order chi connectivity index (χ1) is 15.0. The highest BCUT2D eigenvalue weighted by molar-refractivity contribution is 7.46. The quantitative estimate of drug-likeness (QED) is 0.136. The molecule has 0 bridgehead atoms. The van der Waals surface area contributed by atoms with Crippen molar-refractivity contribution >= 4 is 30.6 Å². The third-order valence-corrected chi connectivity index (χ3v) is 5.71. The molecule has 3 rings (SSSR count). The number of nitrogens with zero attached hydrogens (tertiary/aromatic N) is 4. The standard InChI is InChI=1S/C16H26N7O8P/c17-4-2-1-3-8(18)12(25)16(23-7-22-10-14(19)20-6-21-15(10)23)13(26)11(24)9(31-16)5-30-32(27,28)29/h6-9,11,13,24,26H,1-5,17-18H2,(H2,19,20,21)(H2,27,28,29)/t8-,9+,11+,13+,16+/m0/s1. The summed E-state index contributed by atoms with van der Waals surface area (Å²) in [6.07, 6.45) is -1.59. The minimum absolute atomic E-state index is 0.00184. The number of fused-ring (bicyclic) bond motifs is 1. The zero-order valence-electron chi connectivity index (χ0n) is 16.9. The highest BCUT2D eigenvalue weighted by Crippen LogP contribution is 2.42. The Bertz CT molecular complexity index is 1020. The molecule has 0 amide bonds. The second-order valence-corrected chi connectivity index (χ2v) is 8.61. The van der Waals surface area contributed by atoms with Crippen LogP contribution in [-0.2, 0) is 24.3 Å². The van der Waals surface area contributed by atoms with E-state index in [-0.39, 0.29) is 23.4 Å². The summed E-state index contributed by atoms with van der Waals surface area (Å²) in [4.78, 5) is 43.4. The fourth-order valence-corrected chi connectivity index (χ4v) is 3.97. The number of hydrogen-bond acceptors (Lipinski definition) is 12. The van der Waals surface area contributed by atoms with Crippen molar-refractivity contribution in [1.29, 1.82) is 0 Å². The van der Waals surface area contributed by atoms with Crippen LogP contribution in [0.3, 0.4) is 0 Å². The van der Waals surface area contributed by atoms with Crippen molar-refractivity contribution in [3.8, 4) is 0 Å². The summed E-state index contributed by atoms with van der Waals surface area (Å²) in [7, 11) is -4.92. The Morgan fingerprint density at radius 1 is 1.31 bits per heavy atom. The maximum atomic E-state index is 13.5. The number of aromatic nitrogens is 4. The Hall–Kier alpha value is -2.07. The zero-order chi connectivity index (χ0) is 23.7. The Balaban J connectivity index is 2.06. The Morgan fingerprint density at radius 3 is 2.69 bits per heavy atom. The smallest absolute Gasteiger partial charge is 0.387 e. The van der Waals surface area contributed by atoms with Crippen molar-refractivity contribution in [2.24, 2.45) is 11.5 Å². The summed E-state index contributed by atoms with van der Waals surface area (Å²) in [5, 5.41) is 21.5. The highest BCUT2D eigenvalue weighted by atomic mass is 31.2. The topological polar surface area (TPSA) is 255 Å². The first-order valence-electron chi connectivity index (χ1n) is 9.71. The molecule has 0 spiro atoms. The lowest BCUT2D eigenvalue weighted by Gasteiger charge is -2.34. The van der Waals surface area contributed by atoms with Gasteiger partial charge >= 0.3 is 7.82 Å². The van der Waals surface area contributed by atoms with E-state index < -0.39 is 50.3 Å². The van der Waals surface area contributed by atoms with Crippen LogP contribution in [0.25, 0.3) is 11.2 Å². The number of rotatable bonds is 10. The van der Waals surface area contributed by atoms with Gasteiger partial charge in [0.1, 0.15) is 36.5 Å². The molecule has 1 fully saturated rings. The van der Waals surface area contributed by atoms with Crippen molar-refractivity contribution in [3.05, 3.63) is 12.7 Å². The second kappa shape index (κ2) is 9.43. The number of anilines is 1. The number of carbonyl (C=O) groups is 1. The summed E-state index contributed by atoms with van der Waals surface area (Å²) in [5.74, 6) is -0.811. The predicted octanol–water partition coefficient (Wildman–Crippen LogP) is -2.68. The van der Waals surface area contributed by atoms with Gasteiger partial charge in [-0.05, 0) is 19.4 Å². The number of phosphoric acid groups is 1. The van der Waals surface area contributed by atoms with E-state index in [1.165, 1.54) is 0 Å².